The Morgan fingerprint density at radius 2 is 1.81 bits per heavy atom. The van der Waals surface area contributed by atoms with Crippen LogP contribution in [0.5, 0.6) is 0 Å². The molecule has 0 bridgehead atoms. The van der Waals surface area contributed by atoms with E-state index in [0.29, 0.717) is 16.7 Å². The average molecular weight is 373 g/mol. The Balaban J connectivity index is 1.49. The summed E-state index contributed by atoms with van der Waals surface area (Å²) in [5, 5.41) is 0. The molecule has 0 N–H and O–H groups in total. The highest BCUT2D eigenvalue weighted by Crippen LogP contribution is 2.67. The van der Waals surface area contributed by atoms with Crippen molar-refractivity contribution < 1.29 is 4.74 Å². The Kier molecular flexibility index (Phi) is 5.56. The zero-order valence-electron chi connectivity index (χ0n) is 18.7. The zero-order chi connectivity index (χ0) is 19.2. The second-order valence-corrected chi connectivity index (χ2v) is 11.6. The van der Waals surface area contributed by atoms with E-state index >= 15 is 0 Å². The molecule has 0 radical (unpaired) electrons. The average Bonchev–Trinajstić information content (AvgIpc) is 2.98. The van der Waals surface area contributed by atoms with Crippen molar-refractivity contribution in [2.24, 2.45) is 46.3 Å². The highest BCUT2D eigenvalue weighted by Gasteiger charge is 2.58. The fraction of sp³-hybridized carbons (Fsp3) is 0.923. The van der Waals surface area contributed by atoms with Gasteiger partial charge in [0.05, 0.1) is 0 Å². The first-order chi connectivity index (χ1) is 12.9. The fourth-order valence-electron chi connectivity index (χ4n) is 8.28. The molecule has 0 saturated heterocycles. The van der Waals surface area contributed by atoms with Crippen LogP contribution in [0.2, 0.25) is 0 Å². The lowest BCUT2D eigenvalue weighted by atomic mass is 9.47. The van der Waals surface area contributed by atoms with Gasteiger partial charge in [-0.15, -0.1) is 0 Å². The minimum Gasteiger partial charge on any atom is -0.381 e. The Morgan fingerprint density at radius 1 is 1.00 bits per heavy atom. The Morgan fingerprint density at radius 3 is 2.59 bits per heavy atom. The van der Waals surface area contributed by atoms with E-state index in [1.54, 1.807) is 0 Å². The summed E-state index contributed by atoms with van der Waals surface area (Å²) in [6, 6.07) is 0. The third-order valence-electron chi connectivity index (χ3n) is 9.61. The van der Waals surface area contributed by atoms with Crippen molar-refractivity contribution >= 4 is 0 Å². The maximum absolute atomic E-state index is 6.08. The second kappa shape index (κ2) is 7.51. The van der Waals surface area contributed by atoms with Crippen molar-refractivity contribution in [1.29, 1.82) is 0 Å². The van der Waals surface area contributed by atoms with E-state index in [0.717, 1.165) is 42.8 Å². The van der Waals surface area contributed by atoms with E-state index in [1.165, 1.54) is 57.8 Å². The molecular formula is C26H44O. The molecule has 7 atom stereocenters. The van der Waals surface area contributed by atoms with Gasteiger partial charge in [-0.2, -0.15) is 0 Å². The number of hydrogen-bond donors (Lipinski definition) is 0. The number of ether oxygens (including phenoxy) is 1. The fourth-order valence-corrected chi connectivity index (χ4v) is 8.28. The van der Waals surface area contributed by atoms with E-state index < -0.39 is 0 Å². The SMILES string of the molecule is CC(C)COCC(C)C1CCC2C3CC=C4CCCCC4(C)C3CCC12C. The molecule has 4 aliphatic rings. The molecule has 27 heavy (non-hydrogen) atoms. The number of hydrogen-bond acceptors (Lipinski definition) is 1. The molecule has 0 heterocycles. The van der Waals surface area contributed by atoms with Crippen molar-refractivity contribution in [2.75, 3.05) is 13.2 Å². The highest BCUT2D eigenvalue weighted by atomic mass is 16.5. The lowest BCUT2D eigenvalue weighted by molar-refractivity contribution is -0.0576. The summed E-state index contributed by atoms with van der Waals surface area (Å²) in [6.45, 7) is 14.2. The molecule has 154 valence electrons. The van der Waals surface area contributed by atoms with Gasteiger partial charge in [0.15, 0.2) is 0 Å². The maximum atomic E-state index is 6.08. The Labute approximate surface area is 168 Å². The number of allylic oxidation sites excluding steroid dienone is 2. The van der Waals surface area contributed by atoms with Crippen LogP contribution in [0.4, 0.5) is 0 Å². The van der Waals surface area contributed by atoms with Gasteiger partial charge in [-0.25, -0.2) is 0 Å². The monoisotopic (exact) mass is 372 g/mol. The largest absolute Gasteiger partial charge is 0.381 e. The number of rotatable bonds is 5. The van der Waals surface area contributed by atoms with E-state index in [2.05, 4.69) is 40.7 Å². The predicted octanol–water partition coefficient (Wildman–Crippen LogP) is 7.26. The van der Waals surface area contributed by atoms with Gasteiger partial charge in [-0.3, -0.25) is 0 Å². The summed E-state index contributed by atoms with van der Waals surface area (Å²) < 4.78 is 6.08. The summed E-state index contributed by atoms with van der Waals surface area (Å²) in [4.78, 5) is 0. The third kappa shape index (κ3) is 3.34. The quantitative estimate of drug-likeness (QED) is 0.461. The lowest BCUT2D eigenvalue weighted by Gasteiger charge is -2.58. The summed E-state index contributed by atoms with van der Waals surface area (Å²) in [6.07, 6.45) is 15.8. The van der Waals surface area contributed by atoms with Crippen LogP contribution in [0.3, 0.4) is 0 Å². The van der Waals surface area contributed by atoms with Crippen LogP contribution in [-0.4, -0.2) is 13.2 Å². The Hall–Kier alpha value is -0.300. The Bertz CT molecular complexity index is 563. The first kappa shape index (κ1) is 20.0. The molecule has 4 rings (SSSR count). The standard InChI is InChI=1S/C26H44O/c1-18(2)16-27-17-19(3)22-11-12-23-21-10-9-20-8-6-7-14-25(20,4)24(21)13-15-26(22,23)5/h9,18-19,21-24H,6-8,10-17H2,1-5H3. The summed E-state index contributed by atoms with van der Waals surface area (Å²) in [5.74, 6) is 5.14. The van der Waals surface area contributed by atoms with Gasteiger partial charge in [-0.1, -0.05) is 52.7 Å². The van der Waals surface area contributed by atoms with Crippen LogP contribution in [0, 0.1) is 46.3 Å². The lowest BCUT2D eigenvalue weighted by Crippen LogP contribution is -2.50. The molecule has 0 aromatic carbocycles. The van der Waals surface area contributed by atoms with Gasteiger partial charge in [0.1, 0.15) is 0 Å². The van der Waals surface area contributed by atoms with Crippen molar-refractivity contribution in [3.8, 4) is 0 Å². The van der Waals surface area contributed by atoms with E-state index in [4.69, 9.17) is 4.74 Å². The summed E-state index contributed by atoms with van der Waals surface area (Å²) in [5.41, 5.74) is 2.97. The van der Waals surface area contributed by atoms with Crippen molar-refractivity contribution in [2.45, 2.75) is 92.4 Å². The molecule has 0 amide bonds. The molecule has 4 aliphatic carbocycles. The normalized spacial score (nSPS) is 45.0. The molecule has 0 aromatic rings. The molecule has 0 spiro atoms. The second-order valence-electron chi connectivity index (χ2n) is 11.6. The molecule has 3 saturated carbocycles. The summed E-state index contributed by atoms with van der Waals surface area (Å²) in [7, 11) is 0. The van der Waals surface area contributed by atoms with Gasteiger partial charge < -0.3 is 4.74 Å². The first-order valence-electron chi connectivity index (χ1n) is 12.1. The highest BCUT2D eigenvalue weighted by molar-refractivity contribution is 5.24. The van der Waals surface area contributed by atoms with Crippen LogP contribution < -0.4 is 0 Å². The number of fused-ring (bicyclic) bond motifs is 5. The third-order valence-corrected chi connectivity index (χ3v) is 9.61. The van der Waals surface area contributed by atoms with E-state index in [-0.39, 0.29) is 0 Å². The van der Waals surface area contributed by atoms with Gasteiger partial charge >= 0.3 is 0 Å². The smallest absolute Gasteiger partial charge is 0.0494 e. The summed E-state index contributed by atoms with van der Waals surface area (Å²) >= 11 is 0. The van der Waals surface area contributed by atoms with Gasteiger partial charge in [0.2, 0.25) is 0 Å². The predicted molar refractivity (Wildman–Crippen MR) is 115 cm³/mol. The zero-order valence-corrected chi connectivity index (χ0v) is 18.7. The van der Waals surface area contributed by atoms with Gasteiger partial charge in [-0.05, 0) is 97.7 Å². The molecule has 7 unspecified atom stereocenters. The van der Waals surface area contributed by atoms with Crippen LogP contribution in [0.15, 0.2) is 11.6 Å². The molecule has 0 aliphatic heterocycles. The van der Waals surface area contributed by atoms with E-state index in [9.17, 15) is 0 Å². The van der Waals surface area contributed by atoms with Crippen LogP contribution in [0.1, 0.15) is 92.4 Å². The van der Waals surface area contributed by atoms with Crippen LogP contribution >= 0.6 is 0 Å². The van der Waals surface area contributed by atoms with Crippen LogP contribution in [-0.2, 0) is 4.74 Å². The van der Waals surface area contributed by atoms with Crippen molar-refractivity contribution in [3.63, 3.8) is 0 Å². The first-order valence-corrected chi connectivity index (χ1v) is 12.1. The van der Waals surface area contributed by atoms with Crippen molar-refractivity contribution in [3.05, 3.63) is 11.6 Å². The van der Waals surface area contributed by atoms with E-state index in [1.807, 2.05) is 5.57 Å². The molecular weight excluding hydrogens is 328 g/mol. The van der Waals surface area contributed by atoms with Gasteiger partial charge in [0.25, 0.3) is 0 Å². The molecule has 3 fully saturated rings. The molecule has 1 nitrogen and oxygen atoms in total. The molecule has 1 heteroatoms. The van der Waals surface area contributed by atoms with Crippen molar-refractivity contribution in [1.82, 2.24) is 0 Å². The topological polar surface area (TPSA) is 9.23 Å². The minimum atomic E-state index is 0.548. The maximum Gasteiger partial charge on any atom is 0.0494 e. The minimum absolute atomic E-state index is 0.548. The molecule has 0 aromatic heterocycles. The van der Waals surface area contributed by atoms with Crippen LogP contribution in [0.25, 0.3) is 0 Å². The van der Waals surface area contributed by atoms with Gasteiger partial charge in [0, 0.05) is 13.2 Å².